The van der Waals surface area contributed by atoms with Crippen molar-refractivity contribution in [3.63, 3.8) is 0 Å². The highest BCUT2D eigenvalue weighted by Gasteiger charge is 2.28. The molecule has 3 heterocycles. The van der Waals surface area contributed by atoms with Crippen LogP contribution in [-0.2, 0) is 11.2 Å². The Hall–Kier alpha value is -2.76. The summed E-state index contributed by atoms with van der Waals surface area (Å²) in [6.07, 6.45) is 1.33. The number of aromatic nitrogens is 1. The summed E-state index contributed by atoms with van der Waals surface area (Å²) < 4.78 is 10.7. The Morgan fingerprint density at radius 2 is 2.12 bits per heavy atom. The van der Waals surface area contributed by atoms with Gasteiger partial charge in [-0.15, -0.1) is 0 Å². The van der Waals surface area contributed by atoms with Crippen LogP contribution >= 0.6 is 0 Å². The van der Waals surface area contributed by atoms with Crippen molar-refractivity contribution in [1.29, 1.82) is 0 Å². The summed E-state index contributed by atoms with van der Waals surface area (Å²) in [5.41, 5.74) is 4.08. The first kappa shape index (κ1) is 16.7. The van der Waals surface area contributed by atoms with E-state index in [-0.39, 0.29) is 12.7 Å². The molecule has 6 nitrogen and oxygen atoms in total. The molecule has 2 aliphatic heterocycles. The zero-order chi connectivity index (χ0) is 18.1. The molecule has 1 fully saturated rings. The number of hydrogen-bond acceptors (Lipinski definition) is 5. The second kappa shape index (κ2) is 6.86. The number of rotatable bonds is 4. The van der Waals surface area contributed by atoms with Crippen molar-refractivity contribution < 1.29 is 14.3 Å². The molecule has 0 spiro atoms. The average molecular weight is 353 g/mol. The molecule has 6 heteroatoms. The zero-order valence-electron chi connectivity index (χ0n) is 15.1. The third-order valence-electron chi connectivity index (χ3n) is 5.01. The van der Waals surface area contributed by atoms with Crippen LogP contribution in [0.3, 0.4) is 0 Å². The fraction of sp³-hybridized carbons (Fsp3) is 0.400. The monoisotopic (exact) mass is 353 g/mol. The minimum atomic E-state index is 0.146. The fourth-order valence-electron chi connectivity index (χ4n) is 3.61. The molecule has 0 bridgehead atoms. The number of carbonyl (C=O) groups is 1. The lowest BCUT2D eigenvalue weighted by molar-refractivity contribution is -0.129. The number of nitrogens with zero attached hydrogens (tertiary/aromatic N) is 2. The van der Waals surface area contributed by atoms with Gasteiger partial charge in [0.25, 0.3) is 0 Å². The lowest BCUT2D eigenvalue weighted by atomic mass is 10.0. The Morgan fingerprint density at radius 3 is 2.96 bits per heavy atom. The van der Waals surface area contributed by atoms with E-state index in [1.165, 1.54) is 0 Å². The maximum Gasteiger partial charge on any atom is 0.231 e. The lowest BCUT2D eigenvalue weighted by Gasteiger charge is -2.17. The van der Waals surface area contributed by atoms with Gasteiger partial charge in [0.05, 0.1) is 6.42 Å². The van der Waals surface area contributed by atoms with Gasteiger partial charge in [0.15, 0.2) is 11.5 Å². The first-order valence-corrected chi connectivity index (χ1v) is 8.95. The van der Waals surface area contributed by atoms with Crippen molar-refractivity contribution in [2.45, 2.75) is 25.7 Å². The Balaban J connectivity index is 1.42. The number of ether oxygens (including phenoxy) is 2. The summed E-state index contributed by atoms with van der Waals surface area (Å²) in [5, 5.41) is 3.18. The minimum absolute atomic E-state index is 0.146. The molecule has 1 aromatic heterocycles. The quantitative estimate of drug-likeness (QED) is 0.916. The Morgan fingerprint density at radius 1 is 1.27 bits per heavy atom. The highest BCUT2D eigenvalue weighted by atomic mass is 16.7. The molecule has 2 aromatic rings. The van der Waals surface area contributed by atoms with Crippen molar-refractivity contribution in [2.75, 3.05) is 32.2 Å². The van der Waals surface area contributed by atoms with Gasteiger partial charge in [-0.25, -0.2) is 0 Å². The molecule has 1 saturated heterocycles. The van der Waals surface area contributed by atoms with Crippen molar-refractivity contribution in [3.8, 4) is 11.5 Å². The Bertz CT molecular complexity index is 837. The molecule has 4 rings (SSSR count). The van der Waals surface area contributed by atoms with Gasteiger partial charge >= 0.3 is 0 Å². The molecule has 2 aliphatic rings. The SMILES string of the molecule is CNc1cc(C)nc([C@H]2CCN(C(=O)Cc3ccc4c(c3)OCO4)C2)c1. The van der Waals surface area contributed by atoms with Crippen molar-refractivity contribution in [2.24, 2.45) is 0 Å². The number of carbonyl (C=O) groups excluding carboxylic acids is 1. The van der Waals surface area contributed by atoms with Gasteiger partial charge in [0.1, 0.15) is 0 Å². The number of benzene rings is 1. The number of likely N-dealkylation sites (tertiary alicyclic amines) is 1. The predicted octanol–water partition coefficient (Wildman–Crippen LogP) is 2.72. The van der Waals surface area contributed by atoms with E-state index in [0.29, 0.717) is 12.3 Å². The van der Waals surface area contributed by atoms with Crippen LogP contribution in [0.5, 0.6) is 11.5 Å². The summed E-state index contributed by atoms with van der Waals surface area (Å²) in [7, 11) is 1.91. The van der Waals surface area contributed by atoms with Crippen LogP contribution in [0.25, 0.3) is 0 Å². The van der Waals surface area contributed by atoms with Gasteiger partial charge in [0, 0.05) is 43.1 Å². The Kier molecular flexibility index (Phi) is 4.41. The first-order chi connectivity index (χ1) is 12.6. The van der Waals surface area contributed by atoms with Crippen molar-refractivity contribution >= 4 is 11.6 Å². The second-order valence-electron chi connectivity index (χ2n) is 6.86. The number of pyridine rings is 1. The molecular weight excluding hydrogens is 330 g/mol. The van der Waals surface area contributed by atoms with E-state index in [1.807, 2.05) is 43.1 Å². The number of amides is 1. The minimum Gasteiger partial charge on any atom is -0.454 e. The molecular formula is C20H23N3O3. The molecule has 1 atom stereocenters. The van der Waals surface area contributed by atoms with Crippen LogP contribution in [0.15, 0.2) is 30.3 Å². The van der Waals surface area contributed by atoms with Gasteiger partial charge in [0.2, 0.25) is 12.7 Å². The second-order valence-corrected chi connectivity index (χ2v) is 6.86. The smallest absolute Gasteiger partial charge is 0.231 e. The molecule has 0 unspecified atom stereocenters. The molecule has 136 valence electrons. The zero-order valence-corrected chi connectivity index (χ0v) is 15.1. The van der Waals surface area contributed by atoms with Gasteiger partial charge < -0.3 is 19.7 Å². The number of anilines is 1. The van der Waals surface area contributed by atoms with Gasteiger partial charge in [-0.3, -0.25) is 9.78 Å². The highest BCUT2D eigenvalue weighted by molar-refractivity contribution is 5.79. The standard InChI is InChI=1S/C20H23N3O3/c1-13-7-16(21-2)10-17(22-13)15-5-6-23(11-15)20(24)9-14-3-4-18-19(8-14)26-12-25-18/h3-4,7-8,10,15H,5-6,9,11-12H2,1-2H3,(H,21,22)/t15-/m0/s1. The van der Waals surface area contributed by atoms with E-state index < -0.39 is 0 Å². The van der Waals surface area contributed by atoms with Gasteiger partial charge in [-0.2, -0.15) is 0 Å². The molecule has 0 radical (unpaired) electrons. The van der Waals surface area contributed by atoms with Crippen LogP contribution in [0.4, 0.5) is 5.69 Å². The maximum absolute atomic E-state index is 12.7. The summed E-state index contributed by atoms with van der Waals surface area (Å²) in [6.45, 7) is 3.75. The first-order valence-electron chi connectivity index (χ1n) is 8.95. The summed E-state index contributed by atoms with van der Waals surface area (Å²) in [5.74, 6) is 1.90. The average Bonchev–Trinajstić information content (AvgIpc) is 3.30. The van der Waals surface area contributed by atoms with E-state index in [0.717, 1.165) is 53.6 Å². The van der Waals surface area contributed by atoms with Crippen LogP contribution < -0.4 is 14.8 Å². The number of fused-ring (bicyclic) bond motifs is 1. The van der Waals surface area contributed by atoms with Crippen molar-refractivity contribution in [1.82, 2.24) is 9.88 Å². The van der Waals surface area contributed by atoms with Gasteiger partial charge in [-0.1, -0.05) is 6.07 Å². The number of aryl methyl sites for hydroxylation is 1. The molecule has 26 heavy (non-hydrogen) atoms. The maximum atomic E-state index is 12.7. The topological polar surface area (TPSA) is 63.7 Å². The fourth-order valence-corrected chi connectivity index (χ4v) is 3.61. The normalized spacial score (nSPS) is 18.2. The lowest BCUT2D eigenvalue weighted by Crippen LogP contribution is -2.30. The van der Waals surface area contributed by atoms with E-state index in [1.54, 1.807) is 0 Å². The van der Waals surface area contributed by atoms with E-state index in [2.05, 4.69) is 16.4 Å². The molecule has 1 N–H and O–H groups in total. The summed E-state index contributed by atoms with van der Waals surface area (Å²) >= 11 is 0. The third kappa shape index (κ3) is 3.31. The summed E-state index contributed by atoms with van der Waals surface area (Å²) in [4.78, 5) is 19.3. The van der Waals surface area contributed by atoms with E-state index in [9.17, 15) is 4.79 Å². The molecule has 1 amide bonds. The van der Waals surface area contributed by atoms with E-state index in [4.69, 9.17) is 9.47 Å². The van der Waals surface area contributed by atoms with Crippen LogP contribution in [0, 0.1) is 6.92 Å². The van der Waals surface area contributed by atoms with Crippen LogP contribution in [0.1, 0.15) is 29.3 Å². The molecule has 1 aromatic carbocycles. The van der Waals surface area contributed by atoms with Gasteiger partial charge in [-0.05, 0) is 43.2 Å². The van der Waals surface area contributed by atoms with Crippen LogP contribution in [-0.4, -0.2) is 42.7 Å². The highest BCUT2D eigenvalue weighted by Crippen LogP contribution is 2.33. The summed E-state index contributed by atoms with van der Waals surface area (Å²) in [6, 6.07) is 9.81. The van der Waals surface area contributed by atoms with Crippen LogP contribution in [0.2, 0.25) is 0 Å². The largest absolute Gasteiger partial charge is 0.454 e. The van der Waals surface area contributed by atoms with E-state index >= 15 is 0 Å². The number of hydrogen-bond donors (Lipinski definition) is 1. The number of nitrogens with one attached hydrogen (secondary N) is 1. The Labute approximate surface area is 153 Å². The predicted molar refractivity (Wildman–Crippen MR) is 98.7 cm³/mol. The molecule has 0 aliphatic carbocycles. The van der Waals surface area contributed by atoms with Crippen molar-refractivity contribution in [3.05, 3.63) is 47.3 Å². The third-order valence-corrected chi connectivity index (χ3v) is 5.01. The molecule has 0 saturated carbocycles.